The number of nitrogens with one attached hydrogen (secondary N) is 1. The molecule has 1 saturated heterocycles. The van der Waals surface area contributed by atoms with Gasteiger partial charge >= 0.3 is 6.09 Å². The van der Waals surface area contributed by atoms with Crippen LogP contribution in [-0.4, -0.2) is 57.1 Å². The molecule has 2 aliphatic heterocycles. The third-order valence-corrected chi connectivity index (χ3v) is 6.07. The number of hydrogen-bond donors (Lipinski definition) is 1. The lowest BCUT2D eigenvalue weighted by Crippen LogP contribution is -2.44. The van der Waals surface area contributed by atoms with E-state index in [1.807, 2.05) is 33.2 Å². The molecule has 1 aromatic carbocycles. The number of para-hydroxylation sites is 1. The summed E-state index contributed by atoms with van der Waals surface area (Å²) in [6.07, 6.45) is 4.80. The Kier molecular flexibility index (Phi) is 5.88. The second kappa shape index (κ2) is 8.46. The van der Waals surface area contributed by atoms with Crippen LogP contribution in [0, 0.1) is 0 Å². The molecule has 3 heterocycles. The summed E-state index contributed by atoms with van der Waals surface area (Å²) < 4.78 is 7.54. The predicted octanol–water partition coefficient (Wildman–Crippen LogP) is 3.07. The smallest absolute Gasteiger partial charge is 0.407 e. The van der Waals surface area contributed by atoms with Crippen molar-refractivity contribution in [3.63, 3.8) is 0 Å². The molecule has 0 aliphatic carbocycles. The first-order valence-corrected chi connectivity index (χ1v) is 11.1. The molecule has 0 bridgehead atoms. The first-order valence-electron chi connectivity index (χ1n) is 11.1. The number of ether oxygens (including phenoxy) is 1. The summed E-state index contributed by atoms with van der Waals surface area (Å²) in [5.41, 5.74) is 4.19. The zero-order valence-corrected chi connectivity index (χ0v) is 18.9. The number of aromatic nitrogens is 2. The summed E-state index contributed by atoms with van der Waals surface area (Å²) in [7, 11) is 0. The molecule has 31 heavy (non-hydrogen) atoms. The Morgan fingerprint density at radius 1 is 1.26 bits per heavy atom. The van der Waals surface area contributed by atoms with Gasteiger partial charge in [0.2, 0.25) is 0 Å². The number of amides is 1. The summed E-state index contributed by atoms with van der Waals surface area (Å²) in [5, 5.41) is 2.95. The van der Waals surface area contributed by atoms with E-state index in [-0.39, 0.29) is 17.9 Å². The standard InChI is InChI=1S/C24H32N4O3/c1-16(29)22(27-12-11-18(14-27)26-23(30)31-24(2,3)4)13-19-21-10-9-17-7-5-6-8-20(17)28(21)15-25-19/h5-8,15,18,22H,9-14H2,1-4H3,(H,26,30)/t18-,22?/m0/s1. The van der Waals surface area contributed by atoms with E-state index >= 15 is 0 Å². The zero-order chi connectivity index (χ0) is 22.2. The number of rotatable bonds is 5. The minimum Gasteiger partial charge on any atom is -0.444 e. The van der Waals surface area contributed by atoms with E-state index in [2.05, 4.69) is 33.0 Å². The van der Waals surface area contributed by atoms with E-state index in [0.29, 0.717) is 13.0 Å². The van der Waals surface area contributed by atoms with Crippen LogP contribution in [-0.2, 0) is 28.8 Å². The Bertz CT molecular complexity index is 975. The number of carbonyl (C=O) groups excluding carboxylic acids is 2. The average Bonchev–Trinajstić information content (AvgIpc) is 3.31. The molecule has 0 saturated carbocycles. The summed E-state index contributed by atoms with van der Waals surface area (Å²) in [6, 6.07) is 8.16. The van der Waals surface area contributed by atoms with Crippen LogP contribution < -0.4 is 5.32 Å². The van der Waals surface area contributed by atoms with Crippen molar-refractivity contribution in [3.8, 4) is 5.69 Å². The molecule has 2 atom stereocenters. The van der Waals surface area contributed by atoms with Crippen LogP contribution in [0.5, 0.6) is 0 Å². The zero-order valence-electron chi connectivity index (χ0n) is 18.9. The number of hydrogen-bond acceptors (Lipinski definition) is 5. The molecule has 2 aromatic rings. The Morgan fingerprint density at radius 3 is 2.77 bits per heavy atom. The maximum Gasteiger partial charge on any atom is 0.407 e. The third kappa shape index (κ3) is 4.82. The lowest BCUT2D eigenvalue weighted by Gasteiger charge is -2.26. The summed E-state index contributed by atoms with van der Waals surface area (Å²) in [4.78, 5) is 31.5. The van der Waals surface area contributed by atoms with Crippen molar-refractivity contribution in [1.82, 2.24) is 19.8 Å². The van der Waals surface area contributed by atoms with E-state index in [1.165, 1.54) is 16.9 Å². The molecule has 1 N–H and O–H groups in total. The predicted molar refractivity (Wildman–Crippen MR) is 118 cm³/mol. The normalized spacial score (nSPS) is 19.4. The fourth-order valence-electron chi connectivity index (χ4n) is 4.64. The Labute approximate surface area is 183 Å². The van der Waals surface area contributed by atoms with Gasteiger partial charge in [0.15, 0.2) is 0 Å². The van der Waals surface area contributed by atoms with E-state index in [9.17, 15) is 9.59 Å². The Balaban J connectivity index is 1.44. The van der Waals surface area contributed by atoms with Crippen molar-refractivity contribution in [3.05, 3.63) is 47.5 Å². The van der Waals surface area contributed by atoms with Gasteiger partial charge in [0.1, 0.15) is 11.4 Å². The molecule has 2 aliphatic rings. The molecule has 4 rings (SSSR count). The maximum absolute atomic E-state index is 12.6. The van der Waals surface area contributed by atoms with Crippen molar-refractivity contribution < 1.29 is 14.3 Å². The molecule has 1 amide bonds. The van der Waals surface area contributed by atoms with Gasteiger partial charge in [0.25, 0.3) is 0 Å². The maximum atomic E-state index is 12.6. The number of ketones is 1. The molecule has 166 valence electrons. The van der Waals surface area contributed by atoms with Gasteiger partial charge in [-0.15, -0.1) is 0 Å². The van der Waals surface area contributed by atoms with Gasteiger partial charge in [-0.25, -0.2) is 9.78 Å². The number of benzene rings is 1. The van der Waals surface area contributed by atoms with E-state index < -0.39 is 11.7 Å². The van der Waals surface area contributed by atoms with Gasteiger partial charge in [0.05, 0.1) is 18.1 Å². The van der Waals surface area contributed by atoms with Crippen LogP contribution in [0.15, 0.2) is 30.6 Å². The largest absolute Gasteiger partial charge is 0.444 e. The van der Waals surface area contributed by atoms with Gasteiger partial charge in [-0.2, -0.15) is 0 Å². The van der Waals surface area contributed by atoms with Crippen molar-refractivity contribution in [2.45, 2.75) is 71.1 Å². The van der Waals surface area contributed by atoms with Crippen LogP contribution >= 0.6 is 0 Å². The highest BCUT2D eigenvalue weighted by atomic mass is 16.6. The highest BCUT2D eigenvalue weighted by Crippen LogP contribution is 2.28. The fraction of sp³-hybridized carbons (Fsp3) is 0.542. The molecule has 1 fully saturated rings. The van der Waals surface area contributed by atoms with E-state index in [4.69, 9.17) is 9.72 Å². The van der Waals surface area contributed by atoms with E-state index in [1.54, 1.807) is 6.92 Å². The number of imidazole rings is 1. The highest BCUT2D eigenvalue weighted by molar-refractivity contribution is 5.82. The number of alkyl carbamates (subject to hydrolysis) is 1. The Morgan fingerprint density at radius 2 is 2.03 bits per heavy atom. The van der Waals surface area contributed by atoms with Crippen LogP contribution in [0.1, 0.15) is 51.1 Å². The topological polar surface area (TPSA) is 76.5 Å². The van der Waals surface area contributed by atoms with Crippen molar-refractivity contribution >= 4 is 11.9 Å². The van der Waals surface area contributed by atoms with Gasteiger partial charge in [0, 0.05) is 36.9 Å². The summed E-state index contributed by atoms with van der Waals surface area (Å²) in [6.45, 7) is 8.61. The molecule has 0 spiro atoms. The number of Topliss-reactive ketones (excluding diaryl/α,β-unsaturated/α-hetero) is 1. The lowest BCUT2D eigenvalue weighted by molar-refractivity contribution is -0.121. The van der Waals surface area contributed by atoms with Gasteiger partial charge < -0.3 is 14.6 Å². The Hall–Kier alpha value is -2.67. The van der Waals surface area contributed by atoms with E-state index in [0.717, 1.165) is 31.5 Å². The quantitative estimate of drug-likeness (QED) is 0.798. The number of fused-ring (bicyclic) bond motifs is 3. The van der Waals surface area contributed by atoms with Crippen LogP contribution in [0.25, 0.3) is 5.69 Å². The van der Waals surface area contributed by atoms with Crippen LogP contribution in [0.3, 0.4) is 0 Å². The molecular formula is C24H32N4O3. The number of nitrogens with zero attached hydrogens (tertiary/aromatic N) is 3. The van der Waals surface area contributed by atoms with Gasteiger partial charge in [-0.05, 0) is 58.6 Å². The van der Waals surface area contributed by atoms with Crippen molar-refractivity contribution in [2.75, 3.05) is 13.1 Å². The second-order valence-electron chi connectivity index (χ2n) is 9.59. The van der Waals surface area contributed by atoms with Gasteiger partial charge in [-0.1, -0.05) is 18.2 Å². The molecule has 1 unspecified atom stereocenters. The molecule has 1 aromatic heterocycles. The summed E-state index contributed by atoms with van der Waals surface area (Å²) in [5.74, 6) is 0.135. The number of likely N-dealkylation sites (tertiary alicyclic amines) is 1. The lowest BCUT2D eigenvalue weighted by atomic mass is 9.98. The summed E-state index contributed by atoms with van der Waals surface area (Å²) >= 11 is 0. The minimum absolute atomic E-state index is 0.0144. The third-order valence-electron chi connectivity index (χ3n) is 6.07. The molecule has 7 heteroatoms. The molecule has 7 nitrogen and oxygen atoms in total. The average molecular weight is 425 g/mol. The van der Waals surface area contributed by atoms with Crippen LogP contribution in [0.2, 0.25) is 0 Å². The first-order chi connectivity index (χ1) is 14.7. The minimum atomic E-state index is -0.525. The van der Waals surface area contributed by atoms with Crippen molar-refractivity contribution in [1.29, 1.82) is 0 Å². The molecular weight excluding hydrogens is 392 g/mol. The first kappa shape index (κ1) is 21.6. The fourth-order valence-corrected chi connectivity index (χ4v) is 4.64. The molecule has 0 radical (unpaired) electrons. The van der Waals surface area contributed by atoms with Gasteiger partial charge in [-0.3, -0.25) is 9.69 Å². The monoisotopic (exact) mass is 424 g/mol. The number of carbonyl (C=O) groups is 2. The highest BCUT2D eigenvalue weighted by Gasteiger charge is 2.33. The second-order valence-corrected chi connectivity index (χ2v) is 9.59. The SMILES string of the molecule is CC(=O)C(Cc1ncn2c1CCc1ccccc1-2)N1CC[C@H](NC(=O)OC(C)(C)C)C1. The van der Waals surface area contributed by atoms with Crippen LogP contribution in [0.4, 0.5) is 4.79 Å². The number of aryl methyl sites for hydroxylation is 1. The van der Waals surface area contributed by atoms with Crippen molar-refractivity contribution in [2.24, 2.45) is 0 Å².